The van der Waals surface area contributed by atoms with Crippen molar-refractivity contribution >= 4 is 34.4 Å². The first-order valence-electron chi connectivity index (χ1n) is 22.6. The van der Waals surface area contributed by atoms with Gasteiger partial charge in [0.1, 0.15) is 11.6 Å². The first-order valence-corrected chi connectivity index (χ1v) is 22.6. The van der Waals surface area contributed by atoms with Gasteiger partial charge in [-0.25, -0.2) is 13.8 Å². The molecule has 0 radical (unpaired) electrons. The molecule has 2 N–H and O–H groups in total. The van der Waals surface area contributed by atoms with Crippen LogP contribution in [0.5, 0.6) is 0 Å². The highest BCUT2D eigenvalue weighted by atomic mass is 19.1. The minimum Gasteiger partial charge on any atom is -0.391 e. The summed E-state index contributed by atoms with van der Waals surface area (Å²) in [5, 5.41) is 11.2. The number of benzene rings is 2. The molecule has 0 saturated carbocycles. The van der Waals surface area contributed by atoms with E-state index in [9.17, 15) is 0 Å². The Bertz CT molecular complexity index is 2320. The van der Waals surface area contributed by atoms with Crippen molar-refractivity contribution in [2.24, 2.45) is 23.9 Å². The zero-order valence-electron chi connectivity index (χ0n) is 37.4. The van der Waals surface area contributed by atoms with Gasteiger partial charge >= 0.3 is 0 Å². The summed E-state index contributed by atoms with van der Waals surface area (Å²) in [6.45, 7) is 25.1. The Morgan fingerprint density at radius 1 is 0.968 bits per heavy atom. The Balaban J connectivity index is 0.944. The number of aromatic nitrogens is 3. The zero-order chi connectivity index (χ0) is 43.7. The van der Waals surface area contributed by atoms with Crippen LogP contribution in [0.25, 0.3) is 17.0 Å². The Labute approximate surface area is 367 Å². The van der Waals surface area contributed by atoms with Crippen molar-refractivity contribution < 1.29 is 8.78 Å². The number of hydrogen-bond acceptors (Lipinski definition) is 9. The van der Waals surface area contributed by atoms with E-state index < -0.39 is 17.6 Å². The molecule has 1 unspecified atom stereocenters. The molecule has 2 aromatic carbocycles. The molecule has 62 heavy (non-hydrogen) atoms. The second-order valence-corrected chi connectivity index (χ2v) is 18.1. The van der Waals surface area contributed by atoms with Crippen LogP contribution in [0, 0.1) is 30.4 Å². The molecule has 0 amide bonds. The average molecular weight is 843 g/mol. The number of pyridine rings is 1. The van der Waals surface area contributed by atoms with E-state index in [2.05, 4.69) is 99.2 Å². The van der Waals surface area contributed by atoms with Crippen molar-refractivity contribution in [1.29, 1.82) is 0 Å². The van der Waals surface area contributed by atoms with E-state index in [1.165, 1.54) is 23.5 Å². The lowest BCUT2D eigenvalue weighted by Gasteiger charge is -2.49. The number of aryl methyl sites for hydroxylation is 2. The highest BCUT2D eigenvalue weighted by Crippen LogP contribution is 2.40. The van der Waals surface area contributed by atoms with Gasteiger partial charge in [-0.15, -0.1) is 6.58 Å². The van der Waals surface area contributed by atoms with Crippen LogP contribution >= 0.6 is 0 Å². The molecule has 2 aromatic heterocycles. The molecule has 0 aliphatic carbocycles. The molecular formula is C50H64F2N10. The number of guanidine groups is 1. The second-order valence-electron chi connectivity index (χ2n) is 18.1. The second kappa shape index (κ2) is 18.5. The van der Waals surface area contributed by atoms with Crippen LogP contribution in [0.3, 0.4) is 0 Å². The highest BCUT2D eigenvalue weighted by Gasteiger charge is 2.36. The van der Waals surface area contributed by atoms with Gasteiger partial charge in [-0.05, 0) is 87.4 Å². The van der Waals surface area contributed by atoms with Crippen molar-refractivity contribution in [3.05, 3.63) is 114 Å². The number of rotatable bonds is 11. The first-order chi connectivity index (χ1) is 29.9. The van der Waals surface area contributed by atoms with Crippen LogP contribution in [-0.4, -0.2) is 84.5 Å². The summed E-state index contributed by atoms with van der Waals surface area (Å²) in [6.07, 6.45) is 10.3. The van der Waals surface area contributed by atoms with Crippen LogP contribution in [-0.2, 0) is 13.5 Å². The number of hydrogen-bond donors (Lipinski definition) is 2. The number of allylic oxidation sites excluding steroid dienone is 2. The molecule has 2 atom stereocenters. The predicted molar refractivity (Wildman–Crippen MR) is 252 cm³/mol. The summed E-state index contributed by atoms with van der Waals surface area (Å²) < 4.78 is 33.2. The third-order valence-corrected chi connectivity index (χ3v) is 13.5. The number of fused-ring (bicyclic) bond motifs is 7. The number of nitrogens with zero attached hydrogens (tertiary/aromatic N) is 8. The van der Waals surface area contributed by atoms with Crippen LogP contribution in [0.1, 0.15) is 80.8 Å². The number of anilines is 4. The molecule has 0 spiro atoms. The van der Waals surface area contributed by atoms with Crippen molar-refractivity contribution in [2.75, 3.05) is 72.9 Å². The number of aliphatic imine (C=N–C) groups is 1. The van der Waals surface area contributed by atoms with E-state index in [-0.39, 0.29) is 5.56 Å². The van der Waals surface area contributed by atoms with Crippen LogP contribution < -0.4 is 25.3 Å². The molecule has 8 rings (SSSR count). The average Bonchev–Trinajstić information content (AvgIpc) is 3.78. The fraction of sp³-hybridized carbons (Fsp3) is 0.460. The molecule has 328 valence electrons. The monoisotopic (exact) mass is 843 g/mol. The summed E-state index contributed by atoms with van der Waals surface area (Å²) in [6, 6.07) is 14.3. The molecule has 4 aromatic rings. The Morgan fingerprint density at radius 2 is 1.74 bits per heavy atom. The van der Waals surface area contributed by atoms with Crippen LogP contribution in [0.4, 0.5) is 31.5 Å². The standard InChI is InChI=1S/C50H64F2N10/c1-9-10-15-40(35(6)53-7)49-42(51)24-39(25-43(49)52)61-29-36(30-61)28-60-21-20-59(31-48(60)32(2)3)38-17-18-44-47(26-38)62-19-14-12-11-13-16-46-41(27-54-58(46)8)45-23-37(22-33(4)55-45)34(5)56-50(62)57-44/h9,17-18,22-27,32,36,40,48,53H,1,5-6,10-16,19-21,28-31H2,2-4,7-8H3,(H,56,57)/t40?,48-/m1/s1. The first kappa shape index (κ1) is 43.2. The van der Waals surface area contributed by atoms with Gasteiger partial charge in [0.15, 0.2) is 0 Å². The minimum absolute atomic E-state index is 0.0808. The molecule has 2 fully saturated rings. The quantitative estimate of drug-likeness (QED) is 0.145. The molecule has 4 aliphatic rings. The van der Waals surface area contributed by atoms with Gasteiger partial charge in [-0.3, -0.25) is 14.6 Å². The third-order valence-electron chi connectivity index (χ3n) is 13.5. The van der Waals surface area contributed by atoms with E-state index in [1.807, 2.05) is 24.9 Å². The van der Waals surface area contributed by atoms with E-state index in [0.717, 1.165) is 118 Å². The van der Waals surface area contributed by atoms with E-state index in [4.69, 9.17) is 9.98 Å². The summed E-state index contributed by atoms with van der Waals surface area (Å²) in [7, 11) is 3.76. The minimum atomic E-state index is -0.515. The predicted octanol–water partition coefficient (Wildman–Crippen LogP) is 9.51. The van der Waals surface area contributed by atoms with Crippen LogP contribution in [0.2, 0.25) is 0 Å². The van der Waals surface area contributed by atoms with Gasteiger partial charge in [0.2, 0.25) is 5.96 Å². The maximum absolute atomic E-state index is 15.6. The molecule has 2 saturated heterocycles. The molecule has 2 bridgehead atoms. The van der Waals surface area contributed by atoms with Gasteiger partial charge < -0.3 is 25.3 Å². The summed E-state index contributed by atoms with van der Waals surface area (Å²) in [5.74, 6) is 0.207. The topological polar surface area (TPSA) is 80.1 Å². The summed E-state index contributed by atoms with van der Waals surface area (Å²) in [5.41, 5.74) is 10.5. The lowest BCUT2D eigenvalue weighted by molar-refractivity contribution is 0.109. The summed E-state index contributed by atoms with van der Waals surface area (Å²) >= 11 is 0. The zero-order valence-corrected chi connectivity index (χ0v) is 37.4. The van der Waals surface area contributed by atoms with Gasteiger partial charge in [0.25, 0.3) is 0 Å². The normalized spacial score (nSPS) is 19.9. The van der Waals surface area contributed by atoms with Gasteiger partial charge in [-0.2, -0.15) is 5.10 Å². The maximum Gasteiger partial charge on any atom is 0.208 e. The fourth-order valence-corrected chi connectivity index (χ4v) is 9.92. The van der Waals surface area contributed by atoms with Crippen LogP contribution in [0.15, 0.2) is 85.2 Å². The largest absolute Gasteiger partial charge is 0.391 e. The number of likely N-dealkylation sites (N-methyl/N-ethyl adjacent to an activating group) is 1. The number of piperazine rings is 1. The lowest BCUT2D eigenvalue weighted by Crippen LogP contribution is -2.60. The smallest absolute Gasteiger partial charge is 0.208 e. The lowest BCUT2D eigenvalue weighted by atomic mass is 9.89. The molecular weight excluding hydrogens is 779 g/mol. The van der Waals surface area contributed by atoms with Gasteiger partial charge in [-0.1, -0.05) is 45.9 Å². The van der Waals surface area contributed by atoms with Gasteiger partial charge in [0.05, 0.1) is 29.0 Å². The summed E-state index contributed by atoms with van der Waals surface area (Å²) in [4.78, 5) is 19.7. The molecule has 12 heteroatoms. The molecule has 4 aliphatic heterocycles. The maximum atomic E-state index is 15.6. The molecule has 10 nitrogen and oxygen atoms in total. The van der Waals surface area contributed by atoms with Crippen molar-refractivity contribution in [1.82, 2.24) is 25.0 Å². The van der Waals surface area contributed by atoms with E-state index >= 15 is 8.78 Å². The van der Waals surface area contributed by atoms with Crippen molar-refractivity contribution in [3.8, 4) is 11.3 Å². The SMILES string of the molecule is C=CCCC(C(=C)NC)c1c(F)cc(N2CC(CN3CCN(c4ccc5c(c4)N4CCCCCCc6c(cnn6C)-c6cc(cc(C)n6)C(=C)/N=C/4N5)C[C@@H]3C(C)C)C2)cc1F. The van der Waals surface area contributed by atoms with Gasteiger partial charge in [0, 0.05) is 123 Å². The number of halogens is 2. The number of nitrogens with one attached hydrogen (secondary N) is 2. The van der Waals surface area contributed by atoms with Crippen molar-refractivity contribution in [2.45, 2.75) is 77.7 Å². The van der Waals surface area contributed by atoms with E-state index in [0.29, 0.717) is 47.8 Å². The Hall–Kier alpha value is -5.49. The third kappa shape index (κ3) is 8.89. The van der Waals surface area contributed by atoms with E-state index in [1.54, 1.807) is 13.1 Å². The fourth-order valence-electron chi connectivity index (χ4n) is 9.92. The Kier molecular flexibility index (Phi) is 12.9. The van der Waals surface area contributed by atoms with Crippen molar-refractivity contribution in [3.63, 3.8) is 0 Å². The highest BCUT2D eigenvalue weighted by molar-refractivity contribution is 6.16. The Morgan fingerprint density at radius 3 is 2.48 bits per heavy atom. The molecule has 6 heterocycles.